The first kappa shape index (κ1) is 17.4. The molecular weight excluding hydrogens is 383 g/mol. The van der Waals surface area contributed by atoms with Crippen molar-refractivity contribution in [1.29, 1.82) is 0 Å². The van der Waals surface area contributed by atoms with Crippen LogP contribution in [0.1, 0.15) is 16.5 Å². The summed E-state index contributed by atoms with van der Waals surface area (Å²) >= 11 is 1.30. The lowest BCUT2D eigenvalue weighted by Crippen LogP contribution is -2.39. The fraction of sp³-hybridized carbons (Fsp3) is 0.263. The van der Waals surface area contributed by atoms with E-state index >= 15 is 0 Å². The zero-order chi connectivity index (χ0) is 19.1. The van der Waals surface area contributed by atoms with Crippen LogP contribution in [0.2, 0.25) is 0 Å². The van der Waals surface area contributed by atoms with E-state index in [9.17, 15) is 9.50 Å². The number of aromatic hydroxyl groups is 1. The lowest BCUT2D eigenvalue weighted by atomic mass is 10.0. The topological polar surface area (TPSA) is 76.0 Å². The number of thiazole rings is 1. The highest BCUT2D eigenvalue weighted by Gasteiger charge is 2.32. The number of furan rings is 1. The molecule has 3 aromatic heterocycles. The van der Waals surface area contributed by atoms with Crippen molar-refractivity contribution in [2.75, 3.05) is 26.3 Å². The minimum atomic E-state index is -0.439. The Hall–Kier alpha value is -2.75. The van der Waals surface area contributed by atoms with Crippen LogP contribution >= 0.6 is 11.3 Å². The molecule has 28 heavy (non-hydrogen) atoms. The monoisotopic (exact) mass is 400 g/mol. The van der Waals surface area contributed by atoms with Crippen LogP contribution in [0.15, 0.2) is 47.1 Å². The Kier molecular flexibility index (Phi) is 4.34. The number of nitrogens with zero attached hydrogens (tertiary/aromatic N) is 4. The van der Waals surface area contributed by atoms with Crippen LogP contribution < -0.4 is 0 Å². The maximum absolute atomic E-state index is 14.7. The second-order valence-electron chi connectivity index (χ2n) is 6.47. The van der Waals surface area contributed by atoms with Gasteiger partial charge in [-0.15, -0.1) is 5.10 Å². The van der Waals surface area contributed by atoms with Gasteiger partial charge in [0.2, 0.25) is 16.7 Å². The van der Waals surface area contributed by atoms with Gasteiger partial charge in [0.25, 0.3) is 0 Å². The van der Waals surface area contributed by atoms with Gasteiger partial charge >= 0.3 is 0 Å². The maximum Gasteiger partial charge on any atom is 0.230 e. The average Bonchev–Trinajstić information content (AvgIpc) is 3.43. The Balaban J connectivity index is 1.62. The molecule has 144 valence electrons. The largest absolute Gasteiger partial charge is 0.492 e. The highest BCUT2D eigenvalue weighted by atomic mass is 32.1. The Morgan fingerprint density at radius 1 is 1.14 bits per heavy atom. The summed E-state index contributed by atoms with van der Waals surface area (Å²) < 4.78 is 26.8. The summed E-state index contributed by atoms with van der Waals surface area (Å²) in [4.78, 5) is 7.70. The van der Waals surface area contributed by atoms with Gasteiger partial charge in [0.15, 0.2) is 5.76 Å². The van der Waals surface area contributed by atoms with Crippen molar-refractivity contribution in [3.8, 4) is 17.5 Å². The molecule has 1 N–H and O–H groups in total. The van der Waals surface area contributed by atoms with Crippen LogP contribution in [0.5, 0.6) is 5.88 Å². The molecule has 1 aromatic carbocycles. The first-order valence-electron chi connectivity index (χ1n) is 8.91. The van der Waals surface area contributed by atoms with Gasteiger partial charge in [-0.05, 0) is 18.2 Å². The van der Waals surface area contributed by atoms with E-state index < -0.39 is 6.04 Å². The molecule has 0 amide bonds. The molecular formula is C19H17FN4O3S. The number of benzene rings is 1. The Bertz CT molecular complexity index is 1100. The highest BCUT2D eigenvalue weighted by Crippen LogP contribution is 2.41. The molecule has 0 radical (unpaired) electrons. The van der Waals surface area contributed by atoms with Crippen LogP contribution in [-0.4, -0.2) is 50.9 Å². The van der Waals surface area contributed by atoms with Crippen molar-refractivity contribution in [1.82, 2.24) is 19.5 Å². The summed E-state index contributed by atoms with van der Waals surface area (Å²) in [6.45, 7) is 2.41. The molecule has 9 heteroatoms. The van der Waals surface area contributed by atoms with E-state index in [0.717, 1.165) is 0 Å². The first-order valence-corrected chi connectivity index (χ1v) is 9.72. The third-order valence-electron chi connectivity index (χ3n) is 4.80. The zero-order valence-corrected chi connectivity index (χ0v) is 15.6. The predicted octanol–water partition coefficient (Wildman–Crippen LogP) is 3.32. The summed E-state index contributed by atoms with van der Waals surface area (Å²) in [6, 6.07) is 9.72. The van der Waals surface area contributed by atoms with Crippen LogP contribution in [0.4, 0.5) is 4.39 Å². The average molecular weight is 400 g/mol. The van der Waals surface area contributed by atoms with Gasteiger partial charge in [-0.2, -0.15) is 9.50 Å². The molecule has 5 rings (SSSR count). The van der Waals surface area contributed by atoms with E-state index in [1.165, 1.54) is 21.9 Å². The van der Waals surface area contributed by atoms with Gasteiger partial charge in [0, 0.05) is 18.7 Å². The summed E-state index contributed by atoms with van der Waals surface area (Å²) in [5, 5.41) is 15.3. The molecule has 0 spiro atoms. The minimum Gasteiger partial charge on any atom is -0.492 e. The molecule has 1 saturated heterocycles. The summed E-state index contributed by atoms with van der Waals surface area (Å²) in [7, 11) is 0. The first-order chi connectivity index (χ1) is 13.7. The van der Waals surface area contributed by atoms with Gasteiger partial charge in [0.1, 0.15) is 5.82 Å². The van der Waals surface area contributed by atoms with Crippen molar-refractivity contribution in [2.45, 2.75) is 6.04 Å². The number of halogens is 1. The van der Waals surface area contributed by atoms with Crippen molar-refractivity contribution in [3.05, 3.63) is 58.9 Å². The molecule has 0 unspecified atom stereocenters. The van der Waals surface area contributed by atoms with Gasteiger partial charge < -0.3 is 14.3 Å². The predicted molar refractivity (Wildman–Crippen MR) is 101 cm³/mol. The van der Waals surface area contributed by atoms with Gasteiger partial charge in [-0.25, -0.2) is 4.39 Å². The second-order valence-corrected chi connectivity index (χ2v) is 7.48. The Morgan fingerprint density at radius 3 is 2.68 bits per heavy atom. The summed E-state index contributed by atoms with van der Waals surface area (Å²) in [5.41, 5.74) is 0.510. The lowest BCUT2D eigenvalue weighted by molar-refractivity contribution is 0.0235. The maximum atomic E-state index is 14.7. The molecule has 1 aliphatic heterocycles. The quantitative estimate of drug-likeness (QED) is 0.566. The molecule has 7 nitrogen and oxygen atoms in total. The fourth-order valence-corrected chi connectivity index (χ4v) is 4.58. The molecule has 4 heterocycles. The van der Waals surface area contributed by atoms with Crippen molar-refractivity contribution < 1.29 is 18.7 Å². The van der Waals surface area contributed by atoms with E-state index in [1.54, 1.807) is 36.6 Å². The summed E-state index contributed by atoms with van der Waals surface area (Å²) in [5.74, 6) is 0.571. The smallest absolute Gasteiger partial charge is 0.230 e. The number of ether oxygens (including phenoxy) is 1. The molecule has 1 fully saturated rings. The van der Waals surface area contributed by atoms with Crippen LogP contribution in [0.25, 0.3) is 16.5 Å². The summed E-state index contributed by atoms with van der Waals surface area (Å²) in [6.07, 6.45) is 1.54. The normalized spacial score (nSPS) is 16.6. The molecule has 0 bridgehead atoms. The molecule has 0 saturated carbocycles. The fourth-order valence-electron chi connectivity index (χ4n) is 3.47. The van der Waals surface area contributed by atoms with E-state index in [-0.39, 0.29) is 11.7 Å². The van der Waals surface area contributed by atoms with E-state index in [2.05, 4.69) is 15.0 Å². The molecule has 4 aromatic rings. The van der Waals surface area contributed by atoms with Crippen molar-refractivity contribution in [3.63, 3.8) is 0 Å². The standard InChI is InChI=1S/C19H17FN4O3S/c20-13-5-2-1-4-12(13)15(23-7-10-26-11-8-23)16-18(25)24-19(28-16)21-17(22-24)14-6-3-9-27-14/h1-6,9,15,25H,7-8,10-11H2/t15-/m1/s1. The van der Waals surface area contributed by atoms with E-state index in [4.69, 9.17) is 9.15 Å². The number of rotatable bonds is 4. The third-order valence-corrected chi connectivity index (χ3v) is 5.87. The second kappa shape index (κ2) is 7.01. The Labute approximate surface area is 163 Å². The molecule has 0 aliphatic carbocycles. The number of aromatic nitrogens is 3. The van der Waals surface area contributed by atoms with Crippen molar-refractivity contribution >= 4 is 16.3 Å². The third kappa shape index (κ3) is 2.88. The number of morpholine rings is 1. The van der Waals surface area contributed by atoms with Crippen LogP contribution in [0, 0.1) is 5.82 Å². The van der Waals surface area contributed by atoms with E-state index in [0.29, 0.717) is 53.3 Å². The molecule has 1 aliphatic rings. The highest BCUT2D eigenvalue weighted by molar-refractivity contribution is 7.17. The van der Waals surface area contributed by atoms with E-state index in [1.807, 2.05) is 0 Å². The van der Waals surface area contributed by atoms with Crippen molar-refractivity contribution in [2.24, 2.45) is 0 Å². The molecule has 1 atom stereocenters. The van der Waals surface area contributed by atoms with Gasteiger partial charge in [-0.1, -0.05) is 29.5 Å². The van der Waals surface area contributed by atoms with Gasteiger partial charge in [0.05, 0.1) is 30.4 Å². The van der Waals surface area contributed by atoms with Gasteiger partial charge in [-0.3, -0.25) is 4.90 Å². The number of fused-ring (bicyclic) bond motifs is 1. The number of hydrogen-bond acceptors (Lipinski definition) is 7. The SMILES string of the molecule is Oc1c([C@@H](c2ccccc2F)N2CCOCC2)sc2nc(-c3ccco3)nn12. The number of hydrogen-bond donors (Lipinski definition) is 1. The lowest BCUT2D eigenvalue weighted by Gasteiger charge is -2.34. The minimum absolute atomic E-state index is 0.0370. The Morgan fingerprint density at radius 2 is 1.96 bits per heavy atom. The van der Waals surface area contributed by atoms with Crippen LogP contribution in [-0.2, 0) is 4.74 Å². The van der Waals surface area contributed by atoms with Crippen LogP contribution in [0.3, 0.4) is 0 Å². The zero-order valence-electron chi connectivity index (χ0n) is 14.8.